The highest BCUT2D eigenvalue weighted by Crippen LogP contribution is 2.14. The zero-order valence-corrected chi connectivity index (χ0v) is 11.4. The summed E-state index contributed by atoms with van der Waals surface area (Å²) in [5.74, 6) is 0. The first-order chi connectivity index (χ1) is 8.65. The van der Waals surface area contributed by atoms with Gasteiger partial charge in [-0.2, -0.15) is 5.10 Å². The Labute approximate surface area is 110 Å². The van der Waals surface area contributed by atoms with Gasteiger partial charge < -0.3 is 4.90 Å². The van der Waals surface area contributed by atoms with Gasteiger partial charge in [0.2, 0.25) is 5.13 Å². The van der Waals surface area contributed by atoms with E-state index in [1.807, 2.05) is 33.2 Å². The van der Waals surface area contributed by atoms with Crippen molar-refractivity contribution in [1.82, 2.24) is 10.2 Å². The van der Waals surface area contributed by atoms with Gasteiger partial charge in [-0.05, 0) is 24.6 Å². The predicted octanol–water partition coefficient (Wildman–Crippen LogP) is 2.36. The molecular formula is C12H15N5S. The fourth-order valence-corrected chi connectivity index (χ4v) is 1.90. The van der Waals surface area contributed by atoms with Crippen molar-refractivity contribution in [3.63, 3.8) is 0 Å². The summed E-state index contributed by atoms with van der Waals surface area (Å²) >= 11 is 1.48. The molecule has 0 spiro atoms. The first-order valence-electron chi connectivity index (χ1n) is 5.52. The van der Waals surface area contributed by atoms with Crippen LogP contribution in [0.5, 0.6) is 0 Å². The number of nitrogens with one attached hydrogen (secondary N) is 1. The van der Waals surface area contributed by atoms with Crippen molar-refractivity contribution in [1.29, 1.82) is 0 Å². The predicted molar refractivity (Wildman–Crippen MR) is 76.6 cm³/mol. The molecule has 5 nitrogen and oxygen atoms in total. The standard InChI is InChI=1S/C12H15N5S/c1-9-14-16-12(18-9)15-13-8-10-4-6-11(7-5-10)17(2)3/h4-8H,1-3H3,(H,15,16)/b13-8+. The lowest BCUT2D eigenvalue weighted by Crippen LogP contribution is -2.08. The molecule has 1 aromatic heterocycles. The fraction of sp³-hybridized carbons (Fsp3) is 0.250. The Hall–Kier alpha value is -1.95. The first kappa shape index (κ1) is 12.5. The van der Waals surface area contributed by atoms with E-state index in [-0.39, 0.29) is 0 Å². The third-order valence-electron chi connectivity index (χ3n) is 2.31. The van der Waals surface area contributed by atoms with Crippen LogP contribution in [0.1, 0.15) is 10.6 Å². The van der Waals surface area contributed by atoms with Gasteiger partial charge in [0, 0.05) is 19.8 Å². The Morgan fingerprint density at radius 2 is 1.94 bits per heavy atom. The van der Waals surface area contributed by atoms with Crippen LogP contribution in [0.15, 0.2) is 29.4 Å². The minimum Gasteiger partial charge on any atom is -0.378 e. The maximum absolute atomic E-state index is 4.12. The van der Waals surface area contributed by atoms with Crippen molar-refractivity contribution >= 4 is 28.4 Å². The maximum atomic E-state index is 4.12. The molecule has 2 aromatic rings. The zero-order chi connectivity index (χ0) is 13.0. The second-order valence-corrected chi connectivity index (χ2v) is 5.16. The highest BCUT2D eigenvalue weighted by molar-refractivity contribution is 7.15. The molecule has 0 fully saturated rings. The number of hydrogen-bond donors (Lipinski definition) is 1. The highest BCUT2D eigenvalue weighted by atomic mass is 32.1. The number of hydrazone groups is 1. The average Bonchev–Trinajstić information content (AvgIpc) is 2.76. The summed E-state index contributed by atoms with van der Waals surface area (Å²) in [4.78, 5) is 2.06. The SMILES string of the molecule is Cc1nnc(N/N=C/c2ccc(N(C)C)cc2)s1. The summed E-state index contributed by atoms with van der Waals surface area (Å²) in [5.41, 5.74) is 5.06. The Morgan fingerprint density at radius 1 is 1.22 bits per heavy atom. The van der Waals surface area contributed by atoms with Gasteiger partial charge in [0.1, 0.15) is 5.01 Å². The van der Waals surface area contributed by atoms with Crippen LogP contribution in [-0.2, 0) is 0 Å². The average molecular weight is 261 g/mol. The summed E-state index contributed by atoms with van der Waals surface area (Å²) in [6.07, 6.45) is 1.76. The highest BCUT2D eigenvalue weighted by Gasteiger charge is 1.97. The maximum Gasteiger partial charge on any atom is 0.225 e. The van der Waals surface area contributed by atoms with Crippen LogP contribution in [0.2, 0.25) is 0 Å². The van der Waals surface area contributed by atoms with Gasteiger partial charge in [0.15, 0.2) is 0 Å². The largest absolute Gasteiger partial charge is 0.378 e. The molecule has 0 radical (unpaired) electrons. The molecule has 1 aromatic carbocycles. The van der Waals surface area contributed by atoms with Gasteiger partial charge in [-0.3, -0.25) is 5.43 Å². The number of rotatable bonds is 4. The monoisotopic (exact) mass is 261 g/mol. The van der Waals surface area contributed by atoms with Gasteiger partial charge in [0.05, 0.1) is 6.21 Å². The molecule has 0 bridgehead atoms. The quantitative estimate of drug-likeness (QED) is 0.678. The minimum atomic E-state index is 0.702. The van der Waals surface area contributed by atoms with Crippen molar-refractivity contribution < 1.29 is 0 Å². The Bertz CT molecular complexity index is 530. The van der Waals surface area contributed by atoms with E-state index < -0.39 is 0 Å². The van der Waals surface area contributed by atoms with Gasteiger partial charge >= 0.3 is 0 Å². The van der Waals surface area contributed by atoms with E-state index in [2.05, 4.69) is 37.8 Å². The zero-order valence-electron chi connectivity index (χ0n) is 10.6. The number of anilines is 2. The Kier molecular flexibility index (Phi) is 3.88. The Balaban J connectivity index is 1.96. The van der Waals surface area contributed by atoms with Crippen LogP contribution in [0, 0.1) is 6.92 Å². The molecule has 1 heterocycles. The van der Waals surface area contributed by atoms with Gasteiger partial charge in [0.25, 0.3) is 0 Å². The second kappa shape index (κ2) is 5.59. The lowest BCUT2D eigenvalue weighted by Gasteiger charge is -2.11. The lowest BCUT2D eigenvalue weighted by molar-refractivity contribution is 1.04. The lowest BCUT2D eigenvalue weighted by atomic mass is 10.2. The van der Waals surface area contributed by atoms with Crippen LogP contribution < -0.4 is 10.3 Å². The first-order valence-corrected chi connectivity index (χ1v) is 6.33. The molecule has 0 amide bonds. The summed E-state index contributed by atoms with van der Waals surface area (Å²) < 4.78 is 0. The molecule has 1 N–H and O–H groups in total. The van der Waals surface area contributed by atoms with E-state index in [0.717, 1.165) is 10.6 Å². The van der Waals surface area contributed by atoms with E-state index in [1.54, 1.807) is 6.21 Å². The van der Waals surface area contributed by atoms with Crippen molar-refractivity contribution in [2.24, 2.45) is 5.10 Å². The van der Waals surface area contributed by atoms with Crippen molar-refractivity contribution in [3.05, 3.63) is 34.8 Å². The molecule has 94 valence electrons. The van der Waals surface area contributed by atoms with Crippen molar-refractivity contribution in [2.45, 2.75) is 6.92 Å². The van der Waals surface area contributed by atoms with Crippen LogP contribution in [0.25, 0.3) is 0 Å². The second-order valence-electron chi connectivity index (χ2n) is 3.98. The number of nitrogens with zero attached hydrogens (tertiary/aromatic N) is 4. The van der Waals surface area contributed by atoms with E-state index in [1.165, 1.54) is 17.0 Å². The third-order valence-corrected chi connectivity index (χ3v) is 3.05. The smallest absolute Gasteiger partial charge is 0.225 e. The van der Waals surface area contributed by atoms with E-state index in [4.69, 9.17) is 0 Å². The van der Waals surface area contributed by atoms with E-state index >= 15 is 0 Å². The van der Waals surface area contributed by atoms with Crippen LogP contribution in [0.3, 0.4) is 0 Å². The number of aromatic nitrogens is 2. The number of benzene rings is 1. The Morgan fingerprint density at radius 3 is 2.50 bits per heavy atom. The number of aryl methyl sites for hydroxylation is 1. The summed E-state index contributed by atoms with van der Waals surface area (Å²) in [6, 6.07) is 8.14. The minimum absolute atomic E-state index is 0.702. The number of hydrogen-bond acceptors (Lipinski definition) is 6. The molecule has 0 saturated heterocycles. The van der Waals surface area contributed by atoms with E-state index in [9.17, 15) is 0 Å². The summed E-state index contributed by atoms with van der Waals surface area (Å²) in [7, 11) is 4.03. The molecule has 0 aliphatic carbocycles. The normalized spacial score (nSPS) is 10.8. The molecular weight excluding hydrogens is 246 g/mol. The van der Waals surface area contributed by atoms with Crippen molar-refractivity contribution in [3.8, 4) is 0 Å². The fourth-order valence-electron chi connectivity index (χ4n) is 1.36. The molecule has 2 rings (SSSR count). The molecule has 0 aliphatic rings. The van der Waals surface area contributed by atoms with Gasteiger partial charge in [-0.15, -0.1) is 10.2 Å². The van der Waals surface area contributed by atoms with Crippen LogP contribution in [-0.4, -0.2) is 30.5 Å². The molecule has 0 atom stereocenters. The molecule has 0 unspecified atom stereocenters. The van der Waals surface area contributed by atoms with Crippen LogP contribution in [0.4, 0.5) is 10.8 Å². The third kappa shape index (κ3) is 3.27. The van der Waals surface area contributed by atoms with Crippen molar-refractivity contribution in [2.75, 3.05) is 24.4 Å². The van der Waals surface area contributed by atoms with Gasteiger partial charge in [-0.25, -0.2) is 0 Å². The molecule has 6 heteroatoms. The summed E-state index contributed by atoms with van der Waals surface area (Å²) in [6.45, 7) is 1.91. The van der Waals surface area contributed by atoms with Gasteiger partial charge in [-0.1, -0.05) is 23.5 Å². The van der Waals surface area contributed by atoms with E-state index in [0.29, 0.717) is 5.13 Å². The molecule has 0 saturated carbocycles. The topological polar surface area (TPSA) is 53.4 Å². The summed E-state index contributed by atoms with van der Waals surface area (Å²) in [5, 5.41) is 13.6. The molecule has 18 heavy (non-hydrogen) atoms. The van der Waals surface area contributed by atoms with Crippen LogP contribution >= 0.6 is 11.3 Å². The molecule has 0 aliphatic heterocycles.